The van der Waals surface area contributed by atoms with Crippen LogP contribution < -0.4 is 5.32 Å². The lowest BCUT2D eigenvalue weighted by molar-refractivity contribution is 0.100. The van der Waals surface area contributed by atoms with Crippen LogP contribution in [0, 0.1) is 11.8 Å². The molecule has 0 aliphatic carbocycles. The van der Waals surface area contributed by atoms with E-state index >= 15 is 0 Å². The number of nitrogens with one attached hydrogen (secondary N) is 1. The maximum absolute atomic E-state index is 12.7. The van der Waals surface area contributed by atoms with Gasteiger partial charge in [-0.05, 0) is 24.0 Å². The number of rotatable bonds is 4. The van der Waals surface area contributed by atoms with Crippen LogP contribution in [0.5, 0.6) is 0 Å². The summed E-state index contributed by atoms with van der Waals surface area (Å²) in [6.45, 7) is 3.80. The molecule has 5 rings (SSSR count). The van der Waals surface area contributed by atoms with E-state index in [4.69, 9.17) is 0 Å². The number of anilines is 1. The first-order chi connectivity index (χ1) is 13.3. The van der Waals surface area contributed by atoms with Crippen molar-refractivity contribution in [1.29, 1.82) is 0 Å². The van der Waals surface area contributed by atoms with Crippen molar-refractivity contribution in [3.63, 3.8) is 0 Å². The molecule has 7 nitrogen and oxygen atoms in total. The number of fused-ring (bicyclic) bond motifs is 2. The van der Waals surface area contributed by atoms with E-state index in [0.717, 1.165) is 49.1 Å². The molecule has 2 aromatic heterocycles. The van der Waals surface area contributed by atoms with Crippen LogP contribution in [0.3, 0.4) is 0 Å². The van der Waals surface area contributed by atoms with Crippen molar-refractivity contribution >= 4 is 22.9 Å². The molecule has 0 radical (unpaired) electrons. The maximum atomic E-state index is 12.7. The van der Waals surface area contributed by atoms with Crippen LogP contribution in [0.4, 0.5) is 5.69 Å². The van der Waals surface area contributed by atoms with Gasteiger partial charge in [-0.15, -0.1) is 21.5 Å². The number of carbonyl (C=O) groups is 1. The molecule has 1 fully saturated rings. The molecular formula is C19H20N6OS. The highest BCUT2D eigenvalue weighted by molar-refractivity contribution is 7.09. The standard InChI is InChI=1S/C19H20N6OS/c26-19(21-15-4-2-1-3-5-15)18-23-22-16-8-13-9-24(10-14(13)11-25(16)18)12-17-20-6-7-27-17/h1-7,13-14H,8-12H2,(H,21,26)/t13-,14-/m1/s1. The monoisotopic (exact) mass is 380 g/mol. The molecule has 1 amide bonds. The summed E-state index contributed by atoms with van der Waals surface area (Å²) >= 11 is 1.71. The van der Waals surface area contributed by atoms with Crippen molar-refractivity contribution in [2.75, 3.05) is 18.4 Å². The van der Waals surface area contributed by atoms with E-state index in [1.54, 1.807) is 11.3 Å². The highest BCUT2D eigenvalue weighted by atomic mass is 32.1. The molecule has 0 bridgehead atoms. The van der Waals surface area contributed by atoms with Gasteiger partial charge in [-0.2, -0.15) is 0 Å². The molecule has 138 valence electrons. The molecular weight excluding hydrogens is 360 g/mol. The Bertz CT molecular complexity index is 939. The molecule has 2 aliphatic rings. The Morgan fingerprint density at radius 2 is 2.00 bits per heavy atom. The van der Waals surface area contributed by atoms with Crippen LogP contribution in [0.1, 0.15) is 21.5 Å². The van der Waals surface area contributed by atoms with Gasteiger partial charge in [0, 0.05) is 43.3 Å². The first kappa shape index (κ1) is 16.6. The zero-order valence-corrected chi connectivity index (χ0v) is 15.6. The lowest BCUT2D eigenvalue weighted by Gasteiger charge is -2.25. The minimum atomic E-state index is -0.198. The van der Waals surface area contributed by atoms with Gasteiger partial charge in [0.15, 0.2) is 0 Å². The summed E-state index contributed by atoms with van der Waals surface area (Å²) in [6.07, 6.45) is 2.74. The number of amides is 1. The summed E-state index contributed by atoms with van der Waals surface area (Å²) in [5.41, 5.74) is 0.768. The number of carbonyl (C=O) groups excluding carboxylic acids is 1. The fourth-order valence-electron chi connectivity index (χ4n) is 4.15. The number of benzene rings is 1. The third kappa shape index (κ3) is 3.26. The normalized spacial score (nSPS) is 21.6. The van der Waals surface area contributed by atoms with E-state index < -0.39 is 0 Å². The molecule has 3 aromatic rings. The highest BCUT2D eigenvalue weighted by Crippen LogP contribution is 2.33. The van der Waals surface area contributed by atoms with Gasteiger partial charge >= 0.3 is 0 Å². The molecule has 1 N–H and O–H groups in total. The number of hydrogen-bond donors (Lipinski definition) is 1. The van der Waals surface area contributed by atoms with Crippen LogP contribution in [0.2, 0.25) is 0 Å². The van der Waals surface area contributed by atoms with E-state index in [1.807, 2.05) is 46.5 Å². The maximum Gasteiger partial charge on any atom is 0.293 e. The Labute approximate surface area is 161 Å². The van der Waals surface area contributed by atoms with Crippen molar-refractivity contribution in [2.24, 2.45) is 11.8 Å². The SMILES string of the molecule is O=C(Nc1ccccc1)c1nnc2n1C[C@H]1CN(Cc3nccs3)C[C@H]1C2. The van der Waals surface area contributed by atoms with E-state index in [2.05, 4.69) is 25.4 Å². The largest absolute Gasteiger partial charge is 0.319 e. The van der Waals surface area contributed by atoms with Crippen LogP contribution in [-0.4, -0.2) is 43.6 Å². The minimum absolute atomic E-state index is 0.198. The van der Waals surface area contributed by atoms with Crippen LogP contribution in [-0.2, 0) is 19.5 Å². The number of aromatic nitrogens is 4. The Morgan fingerprint density at radius 3 is 2.81 bits per heavy atom. The van der Waals surface area contributed by atoms with E-state index in [-0.39, 0.29) is 5.91 Å². The van der Waals surface area contributed by atoms with Gasteiger partial charge in [0.1, 0.15) is 10.8 Å². The smallest absolute Gasteiger partial charge is 0.293 e. The third-order valence-electron chi connectivity index (χ3n) is 5.42. The first-order valence-electron chi connectivity index (χ1n) is 9.15. The van der Waals surface area contributed by atoms with Crippen molar-refractivity contribution in [1.82, 2.24) is 24.6 Å². The number of hydrogen-bond acceptors (Lipinski definition) is 6. The zero-order chi connectivity index (χ0) is 18.2. The Kier molecular flexibility index (Phi) is 4.21. The van der Waals surface area contributed by atoms with Crippen molar-refractivity contribution in [3.05, 3.63) is 58.6 Å². The lowest BCUT2D eigenvalue weighted by atomic mass is 9.89. The van der Waals surface area contributed by atoms with Gasteiger partial charge in [0.05, 0.1) is 6.54 Å². The van der Waals surface area contributed by atoms with Gasteiger partial charge < -0.3 is 9.88 Å². The van der Waals surface area contributed by atoms with Crippen LogP contribution in [0.25, 0.3) is 0 Å². The first-order valence-corrected chi connectivity index (χ1v) is 10.0. The van der Waals surface area contributed by atoms with Gasteiger partial charge in [-0.3, -0.25) is 9.69 Å². The number of para-hydroxylation sites is 1. The number of thiazole rings is 1. The third-order valence-corrected chi connectivity index (χ3v) is 6.18. The van der Waals surface area contributed by atoms with Gasteiger partial charge in [0.25, 0.3) is 5.91 Å². The highest BCUT2D eigenvalue weighted by Gasteiger charge is 2.39. The second kappa shape index (κ2) is 6.86. The average Bonchev–Trinajstić information content (AvgIpc) is 3.40. The summed E-state index contributed by atoms with van der Waals surface area (Å²) < 4.78 is 2.01. The Balaban J connectivity index is 1.30. The molecule has 0 saturated carbocycles. The summed E-state index contributed by atoms with van der Waals surface area (Å²) in [5.74, 6) is 2.23. The minimum Gasteiger partial charge on any atom is -0.319 e. The average molecular weight is 380 g/mol. The quantitative estimate of drug-likeness (QED) is 0.752. The molecule has 0 unspecified atom stereocenters. The van der Waals surface area contributed by atoms with Crippen molar-refractivity contribution in [3.8, 4) is 0 Å². The summed E-state index contributed by atoms with van der Waals surface area (Å²) in [7, 11) is 0. The fraction of sp³-hybridized carbons (Fsp3) is 0.368. The molecule has 4 heterocycles. The molecule has 1 aromatic carbocycles. The predicted molar refractivity (Wildman–Crippen MR) is 102 cm³/mol. The summed E-state index contributed by atoms with van der Waals surface area (Å²) in [6, 6.07) is 9.46. The van der Waals surface area contributed by atoms with Crippen LogP contribution in [0.15, 0.2) is 41.9 Å². The lowest BCUT2D eigenvalue weighted by Crippen LogP contribution is -2.31. The molecule has 0 spiro atoms. The van der Waals surface area contributed by atoms with Gasteiger partial charge in [-0.25, -0.2) is 4.98 Å². The molecule has 2 aliphatic heterocycles. The topological polar surface area (TPSA) is 75.9 Å². The Morgan fingerprint density at radius 1 is 1.15 bits per heavy atom. The summed E-state index contributed by atoms with van der Waals surface area (Å²) in [5, 5.41) is 14.6. The van der Waals surface area contributed by atoms with Crippen LogP contribution >= 0.6 is 11.3 Å². The molecule has 2 atom stereocenters. The van der Waals surface area contributed by atoms with E-state index in [9.17, 15) is 4.79 Å². The summed E-state index contributed by atoms with van der Waals surface area (Å²) in [4.78, 5) is 19.5. The predicted octanol–water partition coefficient (Wildman–Crippen LogP) is 2.29. The number of likely N-dealkylation sites (tertiary alicyclic amines) is 1. The second-order valence-electron chi connectivity index (χ2n) is 7.21. The zero-order valence-electron chi connectivity index (χ0n) is 14.8. The van der Waals surface area contributed by atoms with E-state index in [0.29, 0.717) is 17.7 Å². The molecule has 27 heavy (non-hydrogen) atoms. The second-order valence-corrected chi connectivity index (χ2v) is 8.19. The van der Waals surface area contributed by atoms with Crippen molar-refractivity contribution in [2.45, 2.75) is 19.5 Å². The van der Waals surface area contributed by atoms with Gasteiger partial charge in [-0.1, -0.05) is 18.2 Å². The molecule has 8 heteroatoms. The number of nitrogens with zero attached hydrogens (tertiary/aromatic N) is 5. The van der Waals surface area contributed by atoms with Gasteiger partial charge in [0.2, 0.25) is 5.82 Å². The van der Waals surface area contributed by atoms with Crippen molar-refractivity contribution < 1.29 is 4.79 Å². The fourth-order valence-corrected chi connectivity index (χ4v) is 4.81. The molecule has 1 saturated heterocycles. The Hall–Kier alpha value is -2.58. The van der Waals surface area contributed by atoms with E-state index in [1.165, 1.54) is 0 Å².